The van der Waals surface area contributed by atoms with E-state index in [0.717, 1.165) is 0 Å². The first-order valence-corrected chi connectivity index (χ1v) is 4.00. The van der Waals surface area contributed by atoms with Crippen molar-refractivity contribution in [3.8, 4) is 0 Å². The third-order valence-corrected chi connectivity index (χ3v) is 1.46. The monoisotopic (exact) mass is 197 g/mol. The number of hydrogen-bond donors (Lipinski definition) is 3. The summed E-state index contributed by atoms with van der Waals surface area (Å²) in [6.45, 7) is 1.51. The third kappa shape index (κ3) is 2.60. The molecule has 0 unspecified atom stereocenters. The first-order chi connectivity index (χ1) is 6.61. The molecule has 0 aliphatic rings. The molecule has 0 aliphatic heterocycles. The number of nitrogens with two attached hydrogens (primary N) is 1. The van der Waals surface area contributed by atoms with Crippen molar-refractivity contribution in [2.24, 2.45) is 5.73 Å². The number of furan rings is 1. The lowest BCUT2D eigenvalue weighted by Gasteiger charge is -2.07. The molecule has 1 aromatic rings. The van der Waals surface area contributed by atoms with E-state index in [2.05, 4.69) is 10.9 Å². The van der Waals surface area contributed by atoms with E-state index in [4.69, 9.17) is 10.2 Å². The molecule has 4 N–H and O–H groups in total. The van der Waals surface area contributed by atoms with Gasteiger partial charge in [-0.15, -0.1) is 0 Å². The average Bonchev–Trinajstić information content (AvgIpc) is 2.66. The molecular formula is C8H11N3O3. The highest BCUT2D eigenvalue weighted by Gasteiger charge is 2.11. The Kier molecular flexibility index (Phi) is 3.24. The molecule has 6 heteroatoms. The van der Waals surface area contributed by atoms with E-state index >= 15 is 0 Å². The van der Waals surface area contributed by atoms with Gasteiger partial charge in [0, 0.05) is 0 Å². The standard InChI is InChI=1S/C8H11N3O3/c1-5(9)7(12)10-11-8(13)6-3-2-4-14-6/h2-5H,9H2,1H3,(H,10,12)(H,11,13)/t5-/m1/s1. The number of rotatable bonds is 2. The topological polar surface area (TPSA) is 97.4 Å². The number of nitrogens with one attached hydrogen (secondary N) is 2. The summed E-state index contributed by atoms with van der Waals surface area (Å²) in [6, 6.07) is 2.38. The van der Waals surface area contributed by atoms with Crippen molar-refractivity contribution in [1.29, 1.82) is 0 Å². The minimum Gasteiger partial charge on any atom is -0.459 e. The number of hydrogen-bond acceptors (Lipinski definition) is 4. The Balaban J connectivity index is 2.40. The van der Waals surface area contributed by atoms with Gasteiger partial charge in [-0.1, -0.05) is 0 Å². The van der Waals surface area contributed by atoms with Gasteiger partial charge in [0.2, 0.25) is 0 Å². The Morgan fingerprint density at radius 3 is 2.71 bits per heavy atom. The van der Waals surface area contributed by atoms with Crippen LogP contribution in [0.2, 0.25) is 0 Å². The molecule has 0 aliphatic carbocycles. The van der Waals surface area contributed by atoms with E-state index in [1.807, 2.05) is 0 Å². The number of amides is 2. The summed E-state index contributed by atoms with van der Waals surface area (Å²) >= 11 is 0. The van der Waals surface area contributed by atoms with Gasteiger partial charge in [-0.05, 0) is 19.1 Å². The summed E-state index contributed by atoms with van der Waals surface area (Å²) in [4.78, 5) is 22.1. The second kappa shape index (κ2) is 4.43. The second-order valence-corrected chi connectivity index (χ2v) is 2.71. The minimum atomic E-state index is -0.674. The quantitative estimate of drug-likeness (QED) is 0.551. The predicted molar refractivity (Wildman–Crippen MR) is 48.0 cm³/mol. The van der Waals surface area contributed by atoms with Gasteiger partial charge >= 0.3 is 5.91 Å². The fraction of sp³-hybridized carbons (Fsp3) is 0.250. The van der Waals surface area contributed by atoms with Crippen molar-refractivity contribution in [3.05, 3.63) is 24.2 Å². The maximum absolute atomic E-state index is 11.2. The van der Waals surface area contributed by atoms with E-state index in [-0.39, 0.29) is 5.76 Å². The molecule has 1 rings (SSSR count). The molecule has 1 atom stereocenters. The lowest BCUT2D eigenvalue weighted by Crippen LogP contribution is -2.48. The van der Waals surface area contributed by atoms with Crippen molar-refractivity contribution >= 4 is 11.8 Å². The fourth-order valence-corrected chi connectivity index (χ4v) is 0.702. The predicted octanol–water partition coefficient (Wildman–Crippen LogP) is -0.612. The molecule has 1 heterocycles. The minimum absolute atomic E-state index is 0.120. The van der Waals surface area contributed by atoms with Crippen LogP contribution in [0, 0.1) is 0 Å². The van der Waals surface area contributed by atoms with Gasteiger partial charge in [0.05, 0.1) is 12.3 Å². The highest BCUT2D eigenvalue weighted by atomic mass is 16.3. The largest absolute Gasteiger partial charge is 0.459 e. The van der Waals surface area contributed by atoms with Crippen LogP contribution < -0.4 is 16.6 Å². The Morgan fingerprint density at radius 2 is 2.21 bits per heavy atom. The van der Waals surface area contributed by atoms with Crippen molar-refractivity contribution in [2.45, 2.75) is 13.0 Å². The lowest BCUT2D eigenvalue weighted by molar-refractivity contribution is -0.122. The molecule has 2 amide bonds. The zero-order valence-corrected chi connectivity index (χ0v) is 7.61. The van der Waals surface area contributed by atoms with Gasteiger partial charge in [0.15, 0.2) is 5.76 Å². The van der Waals surface area contributed by atoms with Gasteiger partial charge in [0.25, 0.3) is 5.91 Å². The highest BCUT2D eigenvalue weighted by molar-refractivity contribution is 5.93. The zero-order chi connectivity index (χ0) is 10.6. The van der Waals surface area contributed by atoms with E-state index in [1.54, 1.807) is 6.07 Å². The molecule has 0 saturated heterocycles. The molecule has 0 aromatic carbocycles. The van der Waals surface area contributed by atoms with Crippen LogP contribution in [0.15, 0.2) is 22.8 Å². The zero-order valence-electron chi connectivity index (χ0n) is 7.61. The molecule has 0 spiro atoms. The van der Waals surface area contributed by atoms with Gasteiger partial charge in [-0.3, -0.25) is 20.4 Å². The van der Waals surface area contributed by atoms with Crippen LogP contribution in [-0.4, -0.2) is 17.9 Å². The van der Waals surface area contributed by atoms with E-state index in [9.17, 15) is 9.59 Å². The lowest BCUT2D eigenvalue weighted by atomic mass is 10.3. The van der Waals surface area contributed by atoms with Crippen molar-refractivity contribution in [2.75, 3.05) is 0 Å². The average molecular weight is 197 g/mol. The van der Waals surface area contributed by atoms with Crippen molar-refractivity contribution < 1.29 is 14.0 Å². The van der Waals surface area contributed by atoms with Crippen LogP contribution in [-0.2, 0) is 4.79 Å². The van der Waals surface area contributed by atoms with Crippen LogP contribution >= 0.6 is 0 Å². The smallest absolute Gasteiger partial charge is 0.305 e. The van der Waals surface area contributed by atoms with Crippen LogP contribution in [0.5, 0.6) is 0 Å². The van der Waals surface area contributed by atoms with Crippen molar-refractivity contribution in [1.82, 2.24) is 10.9 Å². The van der Waals surface area contributed by atoms with Crippen LogP contribution in [0.4, 0.5) is 0 Å². The highest BCUT2D eigenvalue weighted by Crippen LogP contribution is 1.97. The van der Waals surface area contributed by atoms with Crippen molar-refractivity contribution in [3.63, 3.8) is 0 Å². The van der Waals surface area contributed by atoms with Crippen LogP contribution in [0.1, 0.15) is 17.5 Å². The summed E-state index contributed by atoms with van der Waals surface area (Å²) in [7, 11) is 0. The normalized spacial score (nSPS) is 11.9. The summed E-state index contributed by atoms with van der Waals surface area (Å²) in [5, 5.41) is 0. The SMILES string of the molecule is C[C@@H](N)C(=O)NNC(=O)c1ccco1. The Morgan fingerprint density at radius 1 is 1.50 bits per heavy atom. The number of carbonyl (C=O) groups excluding carboxylic acids is 2. The summed E-state index contributed by atoms with van der Waals surface area (Å²) in [6.07, 6.45) is 1.36. The molecular weight excluding hydrogens is 186 g/mol. The molecule has 6 nitrogen and oxygen atoms in total. The summed E-state index contributed by atoms with van der Waals surface area (Å²) in [5.74, 6) is -0.871. The van der Waals surface area contributed by atoms with Gasteiger partial charge in [-0.2, -0.15) is 0 Å². The first-order valence-electron chi connectivity index (χ1n) is 4.00. The summed E-state index contributed by atoms with van der Waals surface area (Å²) in [5.41, 5.74) is 9.55. The number of hydrazine groups is 1. The summed E-state index contributed by atoms with van der Waals surface area (Å²) < 4.78 is 4.79. The van der Waals surface area contributed by atoms with Gasteiger partial charge in [0.1, 0.15) is 0 Å². The third-order valence-electron chi connectivity index (χ3n) is 1.46. The molecule has 76 valence electrons. The second-order valence-electron chi connectivity index (χ2n) is 2.71. The van der Waals surface area contributed by atoms with E-state index < -0.39 is 17.9 Å². The van der Waals surface area contributed by atoms with E-state index in [1.165, 1.54) is 19.3 Å². The molecule has 0 bridgehead atoms. The Bertz CT molecular complexity index is 319. The maximum atomic E-state index is 11.2. The fourth-order valence-electron chi connectivity index (χ4n) is 0.702. The van der Waals surface area contributed by atoms with Gasteiger partial charge in [-0.25, -0.2) is 0 Å². The number of carbonyl (C=O) groups is 2. The van der Waals surface area contributed by atoms with Crippen LogP contribution in [0.3, 0.4) is 0 Å². The van der Waals surface area contributed by atoms with E-state index in [0.29, 0.717) is 0 Å². The van der Waals surface area contributed by atoms with Crippen LogP contribution in [0.25, 0.3) is 0 Å². The Labute approximate surface area is 80.4 Å². The molecule has 1 aromatic heterocycles. The Hall–Kier alpha value is -1.82. The molecule has 14 heavy (non-hydrogen) atoms. The first kappa shape index (κ1) is 10.3. The molecule has 0 radical (unpaired) electrons. The molecule has 0 saturated carbocycles. The molecule has 0 fully saturated rings. The maximum Gasteiger partial charge on any atom is 0.305 e. The van der Waals surface area contributed by atoms with Gasteiger partial charge < -0.3 is 10.2 Å².